The average Bonchev–Trinajstić information content (AvgIpc) is 2.68. The van der Waals surface area contributed by atoms with Gasteiger partial charge in [-0.2, -0.15) is 0 Å². The molecule has 1 atom stereocenters. The van der Waals surface area contributed by atoms with E-state index < -0.39 is 0 Å². The number of aromatic nitrogens is 2. The zero-order chi connectivity index (χ0) is 19.4. The first-order valence-electron chi connectivity index (χ1n) is 8.94. The molecule has 0 spiro atoms. The Kier molecular flexibility index (Phi) is 5.66. The van der Waals surface area contributed by atoms with E-state index in [0.29, 0.717) is 22.9 Å². The van der Waals surface area contributed by atoms with Gasteiger partial charge in [-0.05, 0) is 29.7 Å². The molecule has 2 heterocycles. The maximum absolute atomic E-state index is 12.9. The largest absolute Gasteiger partial charge is 0.394 e. The number of fused-ring (bicyclic) bond motifs is 1. The van der Waals surface area contributed by atoms with E-state index >= 15 is 0 Å². The van der Waals surface area contributed by atoms with Crippen LogP contribution >= 0.6 is 0 Å². The van der Waals surface area contributed by atoms with E-state index in [1.165, 1.54) is 4.57 Å². The van der Waals surface area contributed by atoms with Gasteiger partial charge in [0.25, 0.3) is 11.5 Å². The SMILES string of the molecule is CC(C)C(CO)NC(=O)c1cn(Cc2ccncc2)c(=O)c2ccccc12. The van der Waals surface area contributed by atoms with E-state index in [0.717, 1.165) is 5.56 Å². The van der Waals surface area contributed by atoms with Crippen LogP contribution in [0.4, 0.5) is 0 Å². The summed E-state index contributed by atoms with van der Waals surface area (Å²) in [6.45, 7) is 4.07. The lowest BCUT2D eigenvalue weighted by Gasteiger charge is -2.21. The number of aliphatic hydroxyl groups is 1. The van der Waals surface area contributed by atoms with Crippen LogP contribution in [0.3, 0.4) is 0 Å². The molecule has 0 aliphatic carbocycles. The molecule has 0 aliphatic heterocycles. The van der Waals surface area contributed by atoms with Gasteiger partial charge < -0.3 is 15.0 Å². The maximum atomic E-state index is 12.9. The number of rotatable bonds is 6. The zero-order valence-electron chi connectivity index (χ0n) is 15.4. The molecule has 0 aliphatic rings. The van der Waals surface area contributed by atoms with E-state index in [2.05, 4.69) is 10.3 Å². The molecule has 0 radical (unpaired) electrons. The summed E-state index contributed by atoms with van der Waals surface area (Å²) in [7, 11) is 0. The molecule has 6 nitrogen and oxygen atoms in total. The van der Waals surface area contributed by atoms with Gasteiger partial charge in [0.2, 0.25) is 0 Å². The molecule has 1 unspecified atom stereocenters. The van der Waals surface area contributed by atoms with Crippen LogP contribution in [-0.4, -0.2) is 33.2 Å². The van der Waals surface area contributed by atoms with Crippen molar-refractivity contribution in [2.45, 2.75) is 26.4 Å². The van der Waals surface area contributed by atoms with Gasteiger partial charge in [-0.3, -0.25) is 14.6 Å². The molecule has 6 heteroatoms. The molecule has 0 fully saturated rings. The van der Waals surface area contributed by atoms with Gasteiger partial charge in [0, 0.05) is 29.4 Å². The Morgan fingerprint density at radius 3 is 2.44 bits per heavy atom. The second kappa shape index (κ2) is 8.14. The molecule has 2 N–H and O–H groups in total. The lowest BCUT2D eigenvalue weighted by molar-refractivity contribution is 0.0898. The molecule has 3 rings (SSSR count). The van der Waals surface area contributed by atoms with Gasteiger partial charge in [-0.25, -0.2) is 0 Å². The van der Waals surface area contributed by atoms with Crippen molar-refractivity contribution in [2.24, 2.45) is 5.92 Å². The lowest BCUT2D eigenvalue weighted by Crippen LogP contribution is -2.41. The Labute approximate surface area is 157 Å². The minimum Gasteiger partial charge on any atom is -0.394 e. The molecule has 27 heavy (non-hydrogen) atoms. The van der Waals surface area contributed by atoms with Crippen LogP contribution in [0.25, 0.3) is 10.8 Å². The predicted octanol–water partition coefficient (Wildman–Crippen LogP) is 2.19. The first kappa shape index (κ1) is 18.8. The van der Waals surface area contributed by atoms with Gasteiger partial charge >= 0.3 is 0 Å². The quantitative estimate of drug-likeness (QED) is 0.701. The summed E-state index contributed by atoms with van der Waals surface area (Å²) in [6.07, 6.45) is 4.93. The van der Waals surface area contributed by atoms with Crippen LogP contribution in [0.1, 0.15) is 29.8 Å². The summed E-state index contributed by atoms with van der Waals surface area (Å²) >= 11 is 0. The second-order valence-electron chi connectivity index (χ2n) is 6.88. The molecule has 1 aromatic carbocycles. The highest BCUT2D eigenvalue weighted by molar-refractivity contribution is 6.06. The Morgan fingerprint density at radius 1 is 1.15 bits per heavy atom. The predicted molar refractivity (Wildman–Crippen MR) is 105 cm³/mol. The summed E-state index contributed by atoms with van der Waals surface area (Å²) in [5, 5.41) is 13.5. The number of carbonyl (C=O) groups is 1. The van der Waals surface area contributed by atoms with E-state index in [1.54, 1.807) is 42.9 Å². The first-order chi connectivity index (χ1) is 13.0. The first-order valence-corrected chi connectivity index (χ1v) is 8.94. The van der Waals surface area contributed by atoms with Crippen molar-refractivity contribution >= 4 is 16.7 Å². The van der Waals surface area contributed by atoms with Crippen LogP contribution in [0, 0.1) is 5.92 Å². The molecule has 1 amide bonds. The Hall–Kier alpha value is -2.99. The number of amides is 1. The van der Waals surface area contributed by atoms with Gasteiger partial charge in [0.1, 0.15) is 0 Å². The average molecular weight is 365 g/mol. The Bertz CT molecular complexity index is 996. The van der Waals surface area contributed by atoms with Crippen molar-refractivity contribution in [2.75, 3.05) is 6.61 Å². The fourth-order valence-electron chi connectivity index (χ4n) is 3.00. The summed E-state index contributed by atoms with van der Waals surface area (Å²) < 4.78 is 1.54. The van der Waals surface area contributed by atoms with Gasteiger partial charge in [-0.1, -0.05) is 32.0 Å². The van der Waals surface area contributed by atoms with Crippen molar-refractivity contribution in [1.29, 1.82) is 0 Å². The summed E-state index contributed by atoms with van der Waals surface area (Å²) in [5.41, 5.74) is 1.18. The monoisotopic (exact) mass is 365 g/mol. The fraction of sp³-hybridized carbons (Fsp3) is 0.286. The molecular formula is C21H23N3O3. The maximum Gasteiger partial charge on any atom is 0.258 e. The third kappa shape index (κ3) is 4.06. The lowest BCUT2D eigenvalue weighted by atomic mass is 10.0. The highest BCUT2D eigenvalue weighted by Crippen LogP contribution is 2.17. The van der Waals surface area contributed by atoms with Crippen LogP contribution in [-0.2, 0) is 6.54 Å². The normalized spacial score (nSPS) is 12.3. The van der Waals surface area contributed by atoms with Crippen molar-refractivity contribution in [3.63, 3.8) is 0 Å². The number of benzene rings is 1. The van der Waals surface area contributed by atoms with Gasteiger partial charge in [0.15, 0.2) is 0 Å². The van der Waals surface area contributed by atoms with Crippen molar-refractivity contribution in [3.8, 4) is 0 Å². The smallest absolute Gasteiger partial charge is 0.258 e. The van der Waals surface area contributed by atoms with Gasteiger partial charge in [-0.15, -0.1) is 0 Å². The van der Waals surface area contributed by atoms with Crippen molar-refractivity contribution < 1.29 is 9.90 Å². The van der Waals surface area contributed by atoms with E-state index in [9.17, 15) is 14.7 Å². The van der Waals surface area contributed by atoms with Crippen LogP contribution in [0.15, 0.2) is 59.8 Å². The molecule has 0 saturated carbocycles. The minimum absolute atomic E-state index is 0.0907. The van der Waals surface area contributed by atoms with E-state index in [-0.39, 0.29) is 30.0 Å². The highest BCUT2D eigenvalue weighted by atomic mass is 16.3. The van der Waals surface area contributed by atoms with E-state index in [1.807, 2.05) is 26.0 Å². The third-order valence-corrected chi connectivity index (χ3v) is 4.66. The Morgan fingerprint density at radius 2 is 1.81 bits per heavy atom. The third-order valence-electron chi connectivity index (χ3n) is 4.66. The van der Waals surface area contributed by atoms with Crippen LogP contribution in [0.5, 0.6) is 0 Å². The van der Waals surface area contributed by atoms with E-state index in [4.69, 9.17) is 0 Å². The van der Waals surface area contributed by atoms with Crippen LogP contribution in [0.2, 0.25) is 0 Å². The number of carbonyl (C=O) groups excluding carboxylic acids is 1. The molecular weight excluding hydrogens is 342 g/mol. The zero-order valence-corrected chi connectivity index (χ0v) is 15.4. The number of nitrogens with zero attached hydrogens (tertiary/aromatic N) is 2. The molecule has 3 aromatic rings. The van der Waals surface area contributed by atoms with Crippen LogP contribution < -0.4 is 10.9 Å². The summed E-state index contributed by atoms with van der Waals surface area (Å²) in [4.78, 5) is 29.8. The minimum atomic E-state index is -0.350. The highest BCUT2D eigenvalue weighted by Gasteiger charge is 2.19. The molecule has 2 aromatic heterocycles. The number of aliphatic hydroxyl groups excluding tert-OH is 1. The Balaban J connectivity index is 2.07. The standard InChI is InChI=1S/C21H23N3O3/c1-14(2)19(13-25)23-20(26)18-12-24(11-15-7-9-22-10-8-15)21(27)17-6-4-3-5-16(17)18/h3-10,12,14,19,25H,11,13H2,1-2H3,(H,23,26). The molecule has 140 valence electrons. The fourth-order valence-corrected chi connectivity index (χ4v) is 3.00. The molecule has 0 bridgehead atoms. The topological polar surface area (TPSA) is 84.2 Å². The number of nitrogens with one attached hydrogen (secondary N) is 1. The van der Waals surface area contributed by atoms with Crippen molar-refractivity contribution in [3.05, 3.63) is 76.5 Å². The number of pyridine rings is 2. The number of hydrogen-bond acceptors (Lipinski definition) is 4. The van der Waals surface area contributed by atoms with Crippen molar-refractivity contribution in [1.82, 2.24) is 14.9 Å². The molecule has 0 saturated heterocycles. The second-order valence-corrected chi connectivity index (χ2v) is 6.88. The summed E-state index contributed by atoms with van der Waals surface area (Å²) in [6, 6.07) is 10.4. The summed E-state index contributed by atoms with van der Waals surface area (Å²) in [5.74, 6) is -0.213. The van der Waals surface area contributed by atoms with Gasteiger partial charge in [0.05, 0.1) is 24.8 Å². The number of hydrogen-bond donors (Lipinski definition) is 2.